The molecule has 0 atom stereocenters. The third-order valence-corrected chi connectivity index (χ3v) is 7.24. The van der Waals surface area contributed by atoms with Crippen LogP contribution in [-0.2, 0) is 9.84 Å². The molecule has 0 unspecified atom stereocenters. The molecule has 0 bridgehead atoms. The number of aromatic nitrogens is 6. The number of hydrogen-bond donors (Lipinski definition) is 1. The Morgan fingerprint density at radius 1 is 1.09 bits per heavy atom. The standard InChI is InChI=1S/C21H15FN6O3S/c22-13-3-1-12(2-4-13)19-16(7-28(27-19)14-8-32(29,30)9-14)20-15-5-18(17-6-23-10-24-17)31-21(15)26-11-25-20/h1-7,10-11,14H,8-9H2,(H,23,24). The normalized spacial score (nSPS) is 15.8. The number of nitrogens with one attached hydrogen (secondary N) is 1. The van der Waals surface area contributed by atoms with E-state index in [4.69, 9.17) is 4.42 Å². The average molecular weight is 450 g/mol. The molecule has 1 fully saturated rings. The summed E-state index contributed by atoms with van der Waals surface area (Å²) < 4.78 is 44.4. The molecule has 5 heterocycles. The van der Waals surface area contributed by atoms with Gasteiger partial charge >= 0.3 is 0 Å². The van der Waals surface area contributed by atoms with Gasteiger partial charge in [-0.15, -0.1) is 0 Å². The van der Waals surface area contributed by atoms with Gasteiger partial charge in [-0.3, -0.25) is 4.68 Å². The molecule has 4 aromatic heterocycles. The maximum atomic E-state index is 13.5. The maximum absolute atomic E-state index is 13.5. The number of nitrogens with zero attached hydrogens (tertiary/aromatic N) is 5. The Labute approximate surface area is 180 Å². The number of aromatic amines is 1. The summed E-state index contributed by atoms with van der Waals surface area (Å²) in [5, 5.41) is 5.32. The summed E-state index contributed by atoms with van der Waals surface area (Å²) in [5.74, 6) is 0.239. The molecule has 1 aliphatic heterocycles. The van der Waals surface area contributed by atoms with Gasteiger partial charge in [-0.1, -0.05) is 0 Å². The summed E-state index contributed by atoms with van der Waals surface area (Å²) in [5.41, 5.74) is 3.51. The molecule has 1 N–H and O–H groups in total. The first-order chi connectivity index (χ1) is 15.5. The van der Waals surface area contributed by atoms with Crippen molar-refractivity contribution in [3.8, 4) is 34.0 Å². The second-order valence-corrected chi connectivity index (χ2v) is 9.77. The van der Waals surface area contributed by atoms with Crippen molar-refractivity contribution in [1.82, 2.24) is 29.7 Å². The van der Waals surface area contributed by atoms with E-state index in [1.54, 1.807) is 41.6 Å². The van der Waals surface area contributed by atoms with E-state index in [2.05, 4.69) is 25.0 Å². The summed E-state index contributed by atoms with van der Waals surface area (Å²) >= 11 is 0. The Balaban J connectivity index is 1.53. The van der Waals surface area contributed by atoms with Crippen LogP contribution in [0.25, 0.3) is 45.1 Å². The van der Waals surface area contributed by atoms with Crippen molar-refractivity contribution in [2.45, 2.75) is 6.04 Å². The fourth-order valence-corrected chi connectivity index (χ4v) is 5.23. The lowest BCUT2D eigenvalue weighted by Gasteiger charge is -2.25. The van der Waals surface area contributed by atoms with Gasteiger partial charge in [0.15, 0.2) is 15.6 Å². The van der Waals surface area contributed by atoms with Crippen molar-refractivity contribution >= 4 is 20.9 Å². The number of imidazole rings is 1. The van der Waals surface area contributed by atoms with E-state index in [0.29, 0.717) is 45.1 Å². The molecule has 11 heteroatoms. The van der Waals surface area contributed by atoms with Gasteiger partial charge in [0, 0.05) is 23.5 Å². The third kappa shape index (κ3) is 3.09. The van der Waals surface area contributed by atoms with Crippen molar-refractivity contribution in [2.75, 3.05) is 11.5 Å². The molecule has 0 spiro atoms. The number of furan rings is 1. The van der Waals surface area contributed by atoms with Crippen molar-refractivity contribution in [2.24, 2.45) is 0 Å². The van der Waals surface area contributed by atoms with Crippen LogP contribution in [0.1, 0.15) is 6.04 Å². The highest BCUT2D eigenvalue weighted by Crippen LogP contribution is 2.37. The van der Waals surface area contributed by atoms with E-state index in [-0.39, 0.29) is 23.4 Å². The van der Waals surface area contributed by atoms with Crippen molar-refractivity contribution < 1.29 is 17.2 Å². The predicted octanol–water partition coefficient (Wildman–Crippen LogP) is 3.25. The monoisotopic (exact) mass is 450 g/mol. The van der Waals surface area contributed by atoms with Crippen LogP contribution >= 0.6 is 0 Å². The highest BCUT2D eigenvalue weighted by atomic mass is 32.2. The third-order valence-electron chi connectivity index (χ3n) is 5.45. The number of sulfone groups is 1. The summed E-state index contributed by atoms with van der Waals surface area (Å²) in [6.45, 7) is 0. The van der Waals surface area contributed by atoms with Crippen LogP contribution in [0, 0.1) is 5.82 Å². The van der Waals surface area contributed by atoms with Crippen LogP contribution in [0.4, 0.5) is 4.39 Å². The fraction of sp³-hybridized carbons (Fsp3) is 0.143. The summed E-state index contributed by atoms with van der Waals surface area (Å²) in [4.78, 5) is 15.8. The Bertz CT molecular complexity index is 1540. The molecular formula is C21H15FN6O3S. The zero-order valence-electron chi connectivity index (χ0n) is 16.4. The smallest absolute Gasteiger partial charge is 0.230 e. The van der Waals surface area contributed by atoms with Crippen LogP contribution < -0.4 is 0 Å². The SMILES string of the molecule is O=S1(=O)CC(n2cc(-c3ncnc4oc(-c5c[nH]cn5)cc34)c(-c3ccc(F)cc3)n2)C1. The first kappa shape index (κ1) is 18.9. The largest absolute Gasteiger partial charge is 0.436 e. The van der Waals surface area contributed by atoms with E-state index in [1.807, 2.05) is 0 Å². The van der Waals surface area contributed by atoms with Gasteiger partial charge in [-0.05, 0) is 30.3 Å². The minimum absolute atomic E-state index is 0.0329. The number of fused-ring (bicyclic) bond motifs is 1. The molecule has 5 aromatic rings. The molecule has 0 amide bonds. The quantitative estimate of drug-likeness (QED) is 0.446. The minimum Gasteiger partial charge on any atom is -0.436 e. The lowest BCUT2D eigenvalue weighted by atomic mass is 10.0. The molecule has 6 rings (SSSR count). The molecule has 1 saturated heterocycles. The lowest BCUT2D eigenvalue weighted by Crippen LogP contribution is -2.38. The van der Waals surface area contributed by atoms with Crippen molar-refractivity contribution in [1.29, 1.82) is 0 Å². The Morgan fingerprint density at radius 3 is 2.62 bits per heavy atom. The zero-order chi connectivity index (χ0) is 21.9. The first-order valence-corrected chi connectivity index (χ1v) is 11.6. The minimum atomic E-state index is -3.03. The van der Waals surface area contributed by atoms with Gasteiger partial charge in [-0.25, -0.2) is 27.8 Å². The Kier molecular flexibility index (Phi) is 4.02. The highest BCUT2D eigenvalue weighted by Gasteiger charge is 2.36. The first-order valence-electron chi connectivity index (χ1n) is 9.76. The van der Waals surface area contributed by atoms with Gasteiger partial charge in [0.05, 0.1) is 35.0 Å². The van der Waals surface area contributed by atoms with Crippen LogP contribution in [-0.4, -0.2) is 49.6 Å². The lowest BCUT2D eigenvalue weighted by molar-refractivity contribution is 0.474. The summed E-state index contributed by atoms with van der Waals surface area (Å²) in [7, 11) is -3.03. The van der Waals surface area contributed by atoms with E-state index in [9.17, 15) is 12.8 Å². The maximum Gasteiger partial charge on any atom is 0.230 e. The van der Waals surface area contributed by atoms with Gasteiger partial charge in [0.2, 0.25) is 5.71 Å². The number of H-pyrrole nitrogens is 1. The van der Waals surface area contributed by atoms with Gasteiger partial charge in [0.25, 0.3) is 0 Å². The molecule has 9 nitrogen and oxygen atoms in total. The van der Waals surface area contributed by atoms with Crippen molar-refractivity contribution in [3.63, 3.8) is 0 Å². The number of halogens is 1. The van der Waals surface area contributed by atoms with Gasteiger partial charge in [-0.2, -0.15) is 5.10 Å². The zero-order valence-corrected chi connectivity index (χ0v) is 17.3. The van der Waals surface area contributed by atoms with Crippen LogP contribution in [0.15, 0.2) is 59.8 Å². The summed E-state index contributed by atoms with van der Waals surface area (Å²) in [6, 6.07) is 7.52. The Morgan fingerprint density at radius 2 is 1.91 bits per heavy atom. The number of hydrogen-bond acceptors (Lipinski definition) is 7. The number of benzene rings is 1. The molecule has 0 saturated carbocycles. The topological polar surface area (TPSA) is 120 Å². The van der Waals surface area contributed by atoms with Crippen LogP contribution in [0.5, 0.6) is 0 Å². The van der Waals surface area contributed by atoms with Gasteiger partial charge < -0.3 is 9.40 Å². The molecule has 32 heavy (non-hydrogen) atoms. The molecule has 160 valence electrons. The van der Waals surface area contributed by atoms with Crippen LogP contribution in [0.3, 0.4) is 0 Å². The van der Waals surface area contributed by atoms with E-state index in [1.165, 1.54) is 18.5 Å². The van der Waals surface area contributed by atoms with E-state index in [0.717, 1.165) is 0 Å². The van der Waals surface area contributed by atoms with Crippen LogP contribution in [0.2, 0.25) is 0 Å². The van der Waals surface area contributed by atoms with Gasteiger partial charge in [0.1, 0.15) is 23.5 Å². The van der Waals surface area contributed by atoms with Crippen molar-refractivity contribution in [3.05, 3.63) is 61.2 Å². The predicted molar refractivity (Wildman–Crippen MR) is 114 cm³/mol. The molecular weight excluding hydrogens is 435 g/mol. The highest BCUT2D eigenvalue weighted by molar-refractivity contribution is 7.92. The molecule has 1 aliphatic rings. The molecule has 1 aromatic carbocycles. The molecule has 0 aliphatic carbocycles. The number of rotatable bonds is 4. The second kappa shape index (κ2) is 6.82. The van der Waals surface area contributed by atoms with E-state index < -0.39 is 9.84 Å². The summed E-state index contributed by atoms with van der Waals surface area (Å²) in [6.07, 6.45) is 6.44. The average Bonchev–Trinajstić information content (AvgIpc) is 3.50. The Hall–Kier alpha value is -3.86. The second-order valence-electron chi connectivity index (χ2n) is 7.62. The molecule has 0 radical (unpaired) electrons. The fourth-order valence-electron chi connectivity index (χ4n) is 3.85. The van der Waals surface area contributed by atoms with E-state index >= 15 is 0 Å².